The van der Waals surface area contributed by atoms with E-state index < -0.39 is 0 Å². The lowest BCUT2D eigenvalue weighted by molar-refractivity contribution is -0.124. The van der Waals surface area contributed by atoms with Crippen molar-refractivity contribution in [1.29, 1.82) is 0 Å². The van der Waals surface area contributed by atoms with Gasteiger partial charge < -0.3 is 0 Å². The minimum absolute atomic E-state index is 0.367. The highest BCUT2D eigenvalue weighted by atomic mass is 16.1. The van der Waals surface area contributed by atoms with E-state index in [9.17, 15) is 4.79 Å². The van der Waals surface area contributed by atoms with Crippen LogP contribution in [0.2, 0.25) is 0 Å². The first-order valence-corrected chi connectivity index (χ1v) is 4.23. The van der Waals surface area contributed by atoms with Crippen LogP contribution in [-0.2, 0) is 4.79 Å². The summed E-state index contributed by atoms with van der Waals surface area (Å²) in [5.41, 5.74) is 0. The molecule has 0 bridgehead atoms. The fourth-order valence-corrected chi connectivity index (χ4v) is 2.34. The Balaban J connectivity index is 2.06. The molecule has 2 saturated carbocycles. The number of carbonyl (C=O) groups is 1. The second-order valence-corrected chi connectivity index (χ2v) is 3.99. The quantitative estimate of drug-likeness (QED) is 0.499. The fraction of sp³-hybridized carbons (Fsp3) is 0.889. The van der Waals surface area contributed by atoms with Crippen molar-refractivity contribution in [2.24, 2.45) is 23.7 Å². The first-order valence-electron chi connectivity index (χ1n) is 4.23. The minimum atomic E-state index is 0.367. The molecule has 0 aliphatic heterocycles. The van der Waals surface area contributed by atoms with Gasteiger partial charge in [0.25, 0.3) is 0 Å². The summed E-state index contributed by atoms with van der Waals surface area (Å²) in [6, 6.07) is 0. The zero-order valence-electron chi connectivity index (χ0n) is 6.63. The molecule has 2 rings (SSSR count). The number of ketones is 1. The normalized spacial score (nSPS) is 52.4. The van der Waals surface area contributed by atoms with Crippen molar-refractivity contribution < 1.29 is 4.79 Å². The zero-order chi connectivity index (χ0) is 7.30. The van der Waals surface area contributed by atoms with Gasteiger partial charge in [-0.3, -0.25) is 4.79 Å². The number of hydrogen-bond acceptors (Lipinski definition) is 1. The Bertz CT molecular complexity index is 174. The molecule has 0 spiro atoms. The van der Waals surface area contributed by atoms with E-state index in [-0.39, 0.29) is 0 Å². The number of carbonyl (C=O) groups excluding carboxylic acids is 1. The van der Waals surface area contributed by atoms with Crippen molar-refractivity contribution in [2.45, 2.75) is 26.7 Å². The predicted molar refractivity (Wildman–Crippen MR) is 39.5 cm³/mol. The van der Waals surface area contributed by atoms with E-state index in [0.29, 0.717) is 11.7 Å². The van der Waals surface area contributed by atoms with Crippen LogP contribution in [0.5, 0.6) is 0 Å². The van der Waals surface area contributed by atoms with Gasteiger partial charge in [0.2, 0.25) is 0 Å². The standard InChI is InChI=1S/C9H14O/c1-5-3-7-6(2)8(7)4-9(5)10/h5-8H,3-4H2,1-2H3. The summed E-state index contributed by atoms with van der Waals surface area (Å²) in [5.74, 6) is 3.42. The van der Waals surface area contributed by atoms with Gasteiger partial charge >= 0.3 is 0 Å². The Morgan fingerprint density at radius 2 is 2.00 bits per heavy atom. The Kier molecular flexibility index (Phi) is 1.17. The number of hydrogen-bond donors (Lipinski definition) is 0. The fourth-order valence-electron chi connectivity index (χ4n) is 2.34. The van der Waals surface area contributed by atoms with Crippen LogP contribution in [0.25, 0.3) is 0 Å². The van der Waals surface area contributed by atoms with E-state index in [1.54, 1.807) is 0 Å². The van der Waals surface area contributed by atoms with Gasteiger partial charge in [0.15, 0.2) is 0 Å². The number of Topliss-reactive ketones (excluding diaryl/α,β-unsaturated/α-hetero) is 1. The van der Waals surface area contributed by atoms with Crippen molar-refractivity contribution in [2.75, 3.05) is 0 Å². The molecule has 0 aromatic carbocycles. The maximum atomic E-state index is 11.2. The third-order valence-corrected chi connectivity index (χ3v) is 3.37. The van der Waals surface area contributed by atoms with E-state index in [1.165, 1.54) is 6.42 Å². The van der Waals surface area contributed by atoms with Gasteiger partial charge in [-0.2, -0.15) is 0 Å². The lowest BCUT2D eigenvalue weighted by Gasteiger charge is -2.14. The third-order valence-electron chi connectivity index (χ3n) is 3.37. The first-order chi connectivity index (χ1) is 4.70. The highest BCUT2D eigenvalue weighted by Gasteiger charge is 2.51. The SMILES string of the molecule is CC1CC2C(C)C2CC1=O. The maximum absolute atomic E-state index is 11.2. The van der Waals surface area contributed by atoms with Crippen LogP contribution in [-0.4, -0.2) is 5.78 Å². The molecule has 4 atom stereocenters. The van der Waals surface area contributed by atoms with Gasteiger partial charge in [-0.25, -0.2) is 0 Å². The third kappa shape index (κ3) is 0.727. The minimum Gasteiger partial charge on any atom is -0.299 e. The van der Waals surface area contributed by atoms with Crippen LogP contribution >= 0.6 is 0 Å². The topological polar surface area (TPSA) is 17.1 Å². The average molecular weight is 138 g/mol. The van der Waals surface area contributed by atoms with Gasteiger partial charge in [0.1, 0.15) is 5.78 Å². The molecular formula is C9H14O. The highest BCUT2D eigenvalue weighted by Crippen LogP contribution is 2.55. The summed E-state index contributed by atoms with van der Waals surface area (Å²) in [4.78, 5) is 11.2. The van der Waals surface area contributed by atoms with Gasteiger partial charge in [0, 0.05) is 12.3 Å². The molecule has 2 aliphatic carbocycles. The molecule has 2 fully saturated rings. The molecule has 4 unspecified atom stereocenters. The number of rotatable bonds is 0. The van der Waals surface area contributed by atoms with Gasteiger partial charge in [0.05, 0.1) is 0 Å². The molecule has 2 aliphatic rings. The maximum Gasteiger partial charge on any atom is 0.136 e. The molecule has 1 heteroatoms. The Morgan fingerprint density at radius 1 is 1.30 bits per heavy atom. The predicted octanol–water partition coefficient (Wildman–Crippen LogP) is 1.87. The summed E-state index contributed by atoms with van der Waals surface area (Å²) in [7, 11) is 0. The molecular weight excluding hydrogens is 124 g/mol. The summed E-state index contributed by atoms with van der Waals surface area (Å²) in [6.07, 6.45) is 2.05. The van der Waals surface area contributed by atoms with Crippen LogP contribution in [0.1, 0.15) is 26.7 Å². The first kappa shape index (κ1) is 6.38. The molecule has 0 aromatic heterocycles. The average Bonchev–Trinajstić information content (AvgIpc) is 2.46. The second kappa shape index (κ2) is 1.84. The Morgan fingerprint density at radius 3 is 2.60 bits per heavy atom. The lowest BCUT2D eigenvalue weighted by atomic mass is 9.90. The summed E-state index contributed by atoms with van der Waals surface area (Å²) in [6.45, 7) is 4.35. The lowest BCUT2D eigenvalue weighted by Crippen LogP contribution is -2.17. The van der Waals surface area contributed by atoms with E-state index in [0.717, 1.165) is 24.2 Å². The summed E-state index contributed by atoms with van der Waals surface area (Å²) >= 11 is 0. The van der Waals surface area contributed by atoms with Crippen LogP contribution in [0.4, 0.5) is 0 Å². The smallest absolute Gasteiger partial charge is 0.136 e. The number of fused-ring (bicyclic) bond motifs is 1. The van der Waals surface area contributed by atoms with Crippen LogP contribution in [0.3, 0.4) is 0 Å². The Hall–Kier alpha value is -0.330. The monoisotopic (exact) mass is 138 g/mol. The van der Waals surface area contributed by atoms with Crippen molar-refractivity contribution in [3.05, 3.63) is 0 Å². The van der Waals surface area contributed by atoms with Crippen LogP contribution in [0.15, 0.2) is 0 Å². The second-order valence-electron chi connectivity index (χ2n) is 3.99. The van der Waals surface area contributed by atoms with Gasteiger partial charge in [-0.15, -0.1) is 0 Å². The van der Waals surface area contributed by atoms with Gasteiger partial charge in [-0.1, -0.05) is 13.8 Å². The molecule has 10 heavy (non-hydrogen) atoms. The molecule has 0 amide bonds. The van der Waals surface area contributed by atoms with E-state index in [2.05, 4.69) is 13.8 Å². The van der Waals surface area contributed by atoms with E-state index >= 15 is 0 Å². The molecule has 0 aromatic rings. The van der Waals surface area contributed by atoms with E-state index in [1.807, 2.05) is 0 Å². The largest absolute Gasteiger partial charge is 0.299 e. The van der Waals surface area contributed by atoms with E-state index in [4.69, 9.17) is 0 Å². The van der Waals surface area contributed by atoms with Gasteiger partial charge in [-0.05, 0) is 24.2 Å². The highest BCUT2D eigenvalue weighted by molar-refractivity contribution is 5.82. The molecule has 56 valence electrons. The van der Waals surface area contributed by atoms with Crippen LogP contribution < -0.4 is 0 Å². The van der Waals surface area contributed by atoms with Crippen molar-refractivity contribution in [1.82, 2.24) is 0 Å². The van der Waals surface area contributed by atoms with Crippen molar-refractivity contribution in [3.63, 3.8) is 0 Å². The van der Waals surface area contributed by atoms with Crippen molar-refractivity contribution in [3.8, 4) is 0 Å². The molecule has 0 saturated heterocycles. The van der Waals surface area contributed by atoms with Crippen molar-refractivity contribution >= 4 is 5.78 Å². The molecule has 0 radical (unpaired) electrons. The summed E-state index contributed by atoms with van der Waals surface area (Å²) < 4.78 is 0. The molecule has 1 nitrogen and oxygen atoms in total. The van der Waals surface area contributed by atoms with Crippen LogP contribution in [0, 0.1) is 23.7 Å². The molecule has 0 heterocycles. The Labute approximate surface area is 61.8 Å². The summed E-state index contributed by atoms with van der Waals surface area (Å²) in [5, 5.41) is 0. The molecule has 0 N–H and O–H groups in total. The zero-order valence-corrected chi connectivity index (χ0v) is 6.63.